The molecule has 0 aromatic heterocycles. The largest absolute Gasteiger partial charge is 0.375 e. The normalized spacial score (nSPS) is 32.5. The van der Waals surface area contributed by atoms with Crippen molar-refractivity contribution >= 4 is 0 Å². The first kappa shape index (κ1) is 12.0. The maximum atomic E-state index is 5.66. The van der Waals surface area contributed by atoms with E-state index in [1.807, 2.05) is 13.8 Å². The third-order valence-corrected chi connectivity index (χ3v) is 3.00. The summed E-state index contributed by atoms with van der Waals surface area (Å²) in [4.78, 5) is 0. The summed E-state index contributed by atoms with van der Waals surface area (Å²) < 4.78 is 5.66. The Morgan fingerprint density at radius 2 is 1.83 bits per heavy atom. The van der Waals surface area contributed by atoms with Gasteiger partial charge in [-0.2, -0.15) is 0 Å². The van der Waals surface area contributed by atoms with E-state index in [-0.39, 0.29) is 5.60 Å². The molecule has 0 N–H and O–H groups in total. The van der Waals surface area contributed by atoms with Gasteiger partial charge in [0.15, 0.2) is 0 Å². The lowest BCUT2D eigenvalue weighted by molar-refractivity contribution is 0.0152. The van der Waals surface area contributed by atoms with Crippen molar-refractivity contribution < 1.29 is 4.74 Å². The minimum Gasteiger partial charge on any atom is -0.375 e. The Labute approximate surface area is 77.5 Å². The molecule has 0 bridgehead atoms. The van der Waals surface area contributed by atoms with E-state index in [4.69, 9.17) is 4.74 Å². The molecular formula is C11H24O. The number of rotatable bonds is 1. The summed E-state index contributed by atoms with van der Waals surface area (Å²) in [6.07, 6.45) is 1.25. The molecule has 1 saturated heterocycles. The van der Waals surface area contributed by atoms with Gasteiger partial charge in [0.25, 0.3) is 0 Å². The lowest BCUT2D eigenvalue weighted by Gasteiger charge is -2.24. The Hall–Kier alpha value is -0.0400. The van der Waals surface area contributed by atoms with Crippen molar-refractivity contribution in [1.29, 1.82) is 0 Å². The SMILES string of the molecule is CC.CC[C@H]1COC(C)(C)[C@H]1C. The molecule has 2 atom stereocenters. The van der Waals surface area contributed by atoms with Gasteiger partial charge in [0.2, 0.25) is 0 Å². The molecular weight excluding hydrogens is 148 g/mol. The summed E-state index contributed by atoms with van der Waals surface area (Å²) in [6.45, 7) is 13.9. The van der Waals surface area contributed by atoms with Crippen LogP contribution in [0.3, 0.4) is 0 Å². The van der Waals surface area contributed by atoms with Gasteiger partial charge < -0.3 is 4.74 Å². The van der Waals surface area contributed by atoms with E-state index in [1.165, 1.54) is 6.42 Å². The summed E-state index contributed by atoms with van der Waals surface area (Å²) in [5.74, 6) is 1.51. The summed E-state index contributed by atoms with van der Waals surface area (Å²) in [5, 5.41) is 0. The van der Waals surface area contributed by atoms with Crippen LogP contribution in [0.4, 0.5) is 0 Å². The number of ether oxygens (including phenoxy) is 1. The molecule has 74 valence electrons. The zero-order valence-electron chi connectivity index (χ0n) is 9.48. The van der Waals surface area contributed by atoms with Gasteiger partial charge in [-0.05, 0) is 25.7 Å². The first-order chi connectivity index (χ1) is 5.58. The quantitative estimate of drug-likeness (QED) is 0.588. The lowest BCUT2D eigenvalue weighted by Crippen LogP contribution is -2.27. The average molecular weight is 172 g/mol. The molecule has 1 heteroatoms. The van der Waals surface area contributed by atoms with Crippen molar-refractivity contribution in [3.8, 4) is 0 Å². The molecule has 1 aliphatic heterocycles. The third kappa shape index (κ3) is 2.48. The molecule has 0 saturated carbocycles. The van der Waals surface area contributed by atoms with Gasteiger partial charge in [0.05, 0.1) is 12.2 Å². The Morgan fingerprint density at radius 1 is 1.33 bits per heavy atom. The summed E-state index contributed by atoms with van der Waals surface area (Å²) in [7, 11) is 0. The van der Waals surface area contributed by atoms with Crippen molar-refractivity contribution in [3.63, 3.8) is 0 Å². The van der Waals surface area contributed by atoms with Gasteiger partial charge in [-0.3, -0.25) is 0 Å². The second-order valence-corrected chi connectivity index (χ2v) is 3.87. The van der Waals surface area contributed by atoms with E-state index >= 15 is 0 Å². The molecule has 1 nitrogen and oxygen atoms in total. The fraction of sp³-hybridized carbons (Fsp3) is 1.00. The Balaban J connectivity index is 0.000000561. The molecule has 0 spiro atoms. The van der Waals surface area contributed by atoms with Crippen LogP contribution in [0.15, 0.2) is 0 Å². The second kappa shape index (κ2) is 4.86. The van der Waals surface area contributed by atoms with Crippen LogP contribution in [0, 0.1) is 11.8 Å². The molecule has 1 aliphatic rings. The molecule has 1 fully saturated rings. The Morgan fingerprint density at radius 3 is 2.00 bits per heavy atom. The molecule has 0 aromatic carbocycles. The average Bonchev–Trinajstić information content (AvgIpc) is 2.32. The van der Waals surface area contributed by atoms with E-state index in [9.17, 15) is 0 Å². The van der Waals surface area contributed by atoms with Gasteiger partial charge in [0.1, 0.15) is 0 Å². The molecule has 0 unspecified atom stereocenters. The standard InChI is InChI=1S/C9H18O.C2H6/c1-5-8-6-10-9(3,4)7(8)2;1-2/h7-8H,5-6H2,1-4H3;1-2H3/t7-,8-;/m0./s1. The highest BCUT2D eigenvalue weighted by atomic mass is 16.5. The van der Waals surface area contributed by atoms with Gasteiger partial charge in [-0.1, -0.05) is 34.1 Å². The van der Waals surface area contributed by atoms with Crippen LogP contribution in [0.5, 0.6) is 0 Å². The van der Waals surface area contributed by atoms with Crippen LogP contribution < -0.4 is 0 Å². The monoisotopic (exact) mass is 172 g/mol. The van der Waals surface area contributed by atoms with Crippen molar-refractivity contribution in [1.82, 2.24) is 0 Å². The number of hydrogen-bond acceptors (Lipinski definition) is 1. The van der Waals surface area contributed by atoms with Crippen molar-refractivity contribution in [3.05, 3.63) is 0 Å². The van der Waals surface area contributed by atoms with Crippen molar-refractivity contribution in [2.45, 2.75) is 53.6 Å². The van der Waals surface area contributed by atoms with Crippen molar-refractivity contribution in [2.24, 2.45) is 11.8 Å². The summed E-state index contributed by atoms with van der Waals surface area (Å²) in [6, 6.07) is 0. The van der Waals surface area contributed by atoms with Crippen LogP contribution in [0.1, 0.15) is 48.0 Å². The van der Waals surface area contributed by atoms with Gasteiger partial charge in [-0.25, -0.2) is 0 Å². The highest BCUT2D eigenvalue weighted by Crippen LogP contribution is 2.36. The molecule has 1 rings (SSSR count). The summed E-state index contributed by atoms with van der Waals surface area (Å²) in [5.41, 5.74) is 0.126. The van der Waals surface area contributed by atoms with E-state index in [0.29, 0.717) is 0 Å². The first-order valence-corrected chi connectivity index (χ1v) is 5.22. The maximum absolute atomic E-state index is 5.66. The predicted molar refractivity (Wildman–Crippen MR) is 54.3 cm³/mol. The van der Waals surface area contributed by atoms with Crippen LogP contribution in [0.25, 0.3) is 0 Å². The third-order valence-electron chi connectivity index (χ3n) is 3.00. The topological polar surface area (TPSA) is 9.23 Å². The van der Waals surface area contributed by atoms with Crippen molar-refractivity contribution in [2.75, 3.05) is 6.61 Å². The van der Waals surface area contributed by atoms with E-state index in [1.54, 1.807) is 0 Å². The second-order valence-electron chi connectivity index (χ2n) is 3.87. The van der Waals surface area contributed by atoms with E-state index < -0.39 is 0 Å². The fourth-order valence-electron chi connectivity index (χ4n) is 1.64. The Bertz CT molecular complexity index is 118. The fourth-order valence-corrected chi connectivity index (χ4v) is 1.64. The highest BCUT2D eigenvalue weighted by Gasteiger charge is 2.38. The maximum Gasteiger partial charge on any atom is 0.0655 e. The minimum absolute atomic E-state index is 0.126. The zero-order valence-corrected chi connectivity index (χ0v) is 9.48. The minimum atomic E-state index is 0.126. The van der Waals surface area contributed by atoms with E-state index in [0.717, 1.165) is 18.4 Å². The molecule has 0 amide bonds. The highest BCUT2D eigenvalue weighted by molar-refractivity contribution is 4.86. The molecule has 12 heavy (non-hydrogen) atoms. The molecule has 0 aliphatic carbocycles. The number of hydrogen-bond donors (Lipinski definition) is 0. The van der Waals surface area contributed by atoms with Gasteiger partial charge in [-0.15, -0.1) is 0 Å². The lowest BCUT2D eigenvalue weighted by atomic mass is 9.84. The zero-order chi connectivity index (χ0) is 9.78. The summed E-state index contributed by atoms with van der Waals surface area (Å²) >= 11 is 0. The first-order valence-electron chi connectivity index (χ1n) is 5.22. The molecule has 0 radical (unpaired) electrons. The predicted octanol–water partition coefficient (Wildman–Crippen LogP) is 3.48. The van der Waals surface area contributed by atoms with Crippen LogP contribution in [0.2, 0.25) is 0 Å². The van der Waals surface area contributed by atoms with Crippen LogP contribution >= 0.6 is 0 Å². The smallest absolute Gasteiger partial charge is 0.0655 e. The van der Waals surface area contributed by atoms with Gasteiger partial charge >= 0.3 is 0 Å². The van der Waals surface area contributed by atoms with Crippen LogP contribution in [-0.4, -0.2) is 12.2 Å². The molecule has 0 aromatic rings. The van der Waals surface area contributed by atoms with Gasteiger partial charge in [0, 0.05) is 0 Å². The Kier molecular flexibility index (Phi) is 4.84. The molecule has 1 heterocycles. The van der Waals surface area contributed by atoms with E-state index in [2.05, 4.69) is 27.7 Å². The van der Waals surface area contributed by atoms with Crippen LogP contribution in [-0.2, 0) is 4.74 Å².